The summed E-state index contributed by atoms with van der Waals surface area (Å²) in [6.07, 6.45) is 5.78. The van der Waals surface area contributed by atoms with Crippen LogP contribution in [0.3, 0.4) is 0 Å². The minimum Gasteiger partial charge on any atom is -0.463 e. The minimum absolute atomic E-state index is 0.0340. The van der Waals surface area contributed by atoms with Crippen molar-refractivity contribution in [1.82, 2.24) is 0 Å². The molecule has 0 saturated carbocycles. The number of aliphatic hydroxyl groups excluding tert-OH is 1. The average Bonchev–Trinajstić information content (AvgIpc) is 2.31. The monoisotopic (exact) mass is 252 g/mol. The third-order valence-electron chi connectivity index (χ3n) is 3.89. The van der Waals surface area contributed by atoms with Gasteiger partial charge in [-0.3, -0.25) is 9.59 Å². The second kappa shape index (κ2) is 5.65. The van der Waals surface area contributed by atoms with Crippen molar-refractivity contribution in [2.45, 2.75) is 51.2 Å². The number of hydrogen-bond donors (Lipinski definition) is 1. The second-order valence-electron chi connectivity index (χ2n) is 5.31. The van der Waals surface area contributed by atoms with Crippen LogP contribution in [-0.4, -0.2) is 29.1 Å². The summed E-state index contributed by atoms with van der Waals surface area (Å²) in [6.45, 7) is 1.89. The van der Waals surface area contributed by atoms with Gasteiger partial charge in [-0.1, -0.05) is 12.5 Å². The molecule has 0 amide bonds. The lowest BCUT2D eigenvalue weighted by Crippen LogP contribution is -2.37. The number of ketones is 1. The molecular weight excluding hydrogens is 232 g/mol. The number of rotatable bonds is 0. The Labute approximate surface area is 107 Å². The fourth-order valence-corrected chi connectivity index (χ4v) is 2.85. The predicted molar refractivity (Wildman–Crippen MR) is 65.8 cm³/mol. The zero-order valence-corrected chi connectivity index (χ0v) is 10.7. The fraction of sp³-hybridized carbons (Fsp3) is 0.714. The summed E-state index contributed by atoms with van der Waals surface area (Å²) in [7, 11) is 0. The molecule has 4 nitrogen and oxygen atoms in total. The van der Waals surface area contributed by atoms with Gasteiger partial charge in [-0.15, -0.1) is 0 Å². The topological polar surface area (TPSA) is 63.6 Å². The first-order valence-corrected chi connectivity index (χ1v) is 6.67. The SMILES string of the molecule is C[C@H]1CCCC[C@H]2C(=O)C=C[C@H](O)[C@@H]2CC(=O)O1. The molecule has 1 aliphatic heterocycles. The molecule has 0 spiro atoms. The van der Waals surface area contributed by atoms with Crippen molar-refractivity contribution in [3.05, 3.63) is 12.2 Å². The average molecular weight is 252 g/mol. The Morgan fingerprint density at radius 3 is 2.78 bits per heavy atom. The number of aliphatic hydroxyl groups is 1. The van der Waals surface area contributed by atoms with E-state index in [1.165, 1.54) is 12.2 Å². The lowest BCUT2D eigenvalue weighted by atomic mass is 9.75. The van der Waals surface area contributed by atoms with E-state index in [9.17, 15) is 14.7 Å². The number of cyclic esters (lactones) is 1. The van der Waals surface area contributed by atoms with Gasteiger partial charge in [0.05, 0.1) is 18.6 Å². The highest BCUT2D eigenvalue weighted by Gasteiger charge is 2.36. The molecule has 0 bridgehead atoms. The maximum atomic E-state index is 11.9. The van der Waals surface area contributed by atoms with Crippen LogP contribution in [0.15, 0.2) is 12.2 Å². The third-order valence-corrected chi connectivity index (χ3v) is 3.89. The quantitative estimate of drug-likeness (QED) is 0.665. The first-order chi connectivity index (χ1) is 8.58. The van der Waals surface area contributed by atoms with Crippen molar-refractivity contribution in [2.24, 2.45) is 11.8 Å². The van der Waals surface area contributed by atoms with Crippen LogP contribution >= 0.6 is 0 Å². The normalized spacial score (nSPS) is 37.9. The van der Waals surface area contributed by atoms with Gasteiger partial charge in [-0.2, -0.15) is 0 Å². The molecule has 2 aliphatic rings. The van der Waals surface area contributed by atoms with Crippen molar-refractivity contribution in [1.29, 1.82) is 0 Å². The molecule has 1 N–H and O–H groups in total. The molecule has 4 atom stereocenters. The van der Waals surface area contributed by atoms with E-state index in [0.717, 1.165) is 25.7 Å². The molecule has 0 unspecified atom stereocenters. The Bertz CT molecular complexity index is 361. The molecule has 1 fully saturated rings. The van der Waals surface area contributed by atoms with Crippen molar-refractivity contribution in [3.8, 4) is 0 Å². The summed E-state index contributed by atoms with van der Waals surface area (Å²) in [5.41, 5.74) is 0. The molecule has 0 aromatic carbocycles. The molecular formula is C14H20O4. The Kier molecular flexibility index (Phi) is 4.17. The molecule has 100 valence electrons. The van der Waals surface area contributed by atoms with Gasteiger partial charge in [0.2, 0.25) is 0 Å². The van der Waals surface area contributed by atoms with E-state index < -0.39 is 6.10 Å². The Balaban J connectivity index is 2.15. The van der Waals surface area contributed by atoms with Crippen LogP contribution in [-0.2, 0) is 14.3 Å². The van der Waals surface area contributed by atoms with E-state index in [0.29, 0.717) is 0 Å². The van der Waals surface area contributed by atoms with Crippen LogP contribution in [0.4, 0.5) is 0 Å². The molecule has 1 aliphatic carbocycles. The van der Waals surface area contributed by atoms with E-state index in [2.05, 4.69) is 0 Å². The van der Waals surface area contributed by atoms with Crippen LogP contribution in [0.2, 0.25) is 0 Å². The summed E-state index contributed by atoms with van der Waals surface area (Å²) in [6, 6.07) is 0. The number of ether oxygens (including phenoxy) is 1. The highest BCUT2D eigenvalue weighted by Crippen LogP contribution is 2.32. The fourth-order valence-electron chi connectivity index (χ4n) is 2.85. The van der Waals surface area contributed by atoms with Crippen molar-refractivity contribution < 1.29 is 19.4 Å². The van der Waals surface area contributed by atoms with E-state index in [-0.39, 0.29) is 36.1 Å². The lowest BCUT2D eigenvalue weighted by Gasteiger charge is -2.31. The first-order valence-electron chi connectivity index (χ1n) is 6.67. The molecule has 1 heterocycles. The van der Waals surface area contributed by atoms with Gasteiger partial charge < -0.3 is 9.84 Å². The van der Waals surface area contributed by atoms with Crippen LogP contribution in [0.25, 0.3) is 0 Å². The Morgan fingerprint density at radius 2 is 2.00 bits per heavy atom. The smallest absolute Gasteiger partial charge is 0.306 e. The Hall–Kier alpha value is -1.16. The van der Waals surface area contributed by atoms with Gasteiger partial charge in [0, 0.05) is 11.8 Å². The predicted octanol–water partition coefficient (Wildman–Crippen LogP) is 1.61. The summed E-state index contributed by atoms with van der Waals surface area (Å²) in [5, 5.41) is 9.94. The summed E-state index contributed by atoms with van der Waals surface area (Å²) in [4.78, 5) is 23.6. The van der Waals surface area contributed by atoms with E-state index >= 15 is 0 Å². The van der Waals surface area contributed by atoms with Crippen molar-refractivity contribution in [2.75, 3.05) is 0 Å². The number of carbonyl (C=O) groups is 2. The van der Waals surface area contributed by atoms with Gasteiger partial charge in [-0.05, 0) is 32.3 Å². The number of carbonyl (C=O) groups excluding carboxylic acids is 2. The largest absolute Gasteiger partial charge is 0.463 e. The first kappa shape index (κ1) is 13.3. The van der Waals surface area contributed by atoms with E-state index in [4.69, 9.17) is 4.74 Å². The van der Waals surface area contributed by atoms with Crippen molar-refractivity contribution in [3.63, 3.8) is 0 Å². The van der Waals surface area contributed by atoms with Gasteiger partial charge >= 0.3 is 5.97 Å². The highest BCUT2D eigenvalue weighted by atomic mass is 16.5. The Morgan fingerprint density at radius 1 is 1.28 bits per heavy atom. The zero-order valence-electron chi connectivity index (χ0n) is 10.7. The van der Waals surface area contributed by atoms with Crippen molar-refractivity contribution >= 4 is 11.8 Å². The molecule has 2 rings (SSSR count). The minimum atomic E-state index is -0.713. The van der Waals surface area contributed by atoms with Crippen LogP contribution in [0, 0.1) is 11.8 Å². The molecule has 18 heavy (non-hydrogen) atoms. The highest BCUT2D eigenvalue weighted by molar-refractivity contribution is 5.93. The number of esters is 1. The number of hydrogen-bond acceptors (Lipinski definition) is 4. The molecule has 0 aromatic rings. The summed E-state index contributed by atoms with van der Waals surface area (Å²) >= 11 is 0. The lowest BCUT2D eigenvalue weighted by molar-refractivity contribution is -0.152. The van der Waals surface area contributed by atoms with Crippen LogP contribution in [0.5, 0.6) is 0 Å². The number of fused-ring (bicyclic) bond motifs is 1. The summed E-state index contributed by atoms with van der Waals surface area (Å²) in [5.74, 6) is -0.820. The maximum absolute atomic E-state index is 11.9. The van der Waals surface area contributed by atoms with Gasteiger partial charge in [-0.25, -0.2) is 0 Å². The number of allylic oxidation sites excluding steroid dienone is 1. The molecule has 4 heteroatoms. The molecule has 1 saturated heterocycles. The van der Waals surface area contributed by atoms with Gasteiger partial charge in [0.25, 0.3) is 0 Å². The van der Waals surface area contributed by atoms with Gasteiger partial charge in [0.1, 0.15) is 0 Å². The van der Waals surface area contributed by atoms with Gasteiger partial charge in [0.15, 0.2) is 5.78 Å². The maximum Gasteiger partial charge on any atom is 0.306 e. The molecule has 0 aromatic heterocycles. The second-order valence-corrected chi connectivity index (χ2v) is 5.31. The molecule has 0 radical (unpaired) electrons. The third kappa shape index (κ3) is 2.99. The van der Waals surface area contributed by atoms with Crippen LogP contribution < -0.4 is 0 Å². The van der Waals surface area contributed by atoms with Crippen LogP contribution in [0.1, 0.15) is 39.0 Å². The standard InChI is InChI=1S/C14H20O4/c1-9-4-2-3-5-10-11(8-14(17)18-9)13(16)7-6-12(10)15/h6-7,9-11,13,16H,2-5,8H2,1H3/t9-,10+,11+,13-/m0/s1. The zero-order chi connectivity index (χ0) is 13.1. The van der Waals surface area contributed by atoms with E-state index in [1.807, 2.05) is 6.92 Å². The van der Waals surface area contributed by atoms with E-state index in [1.54, 1.807) is 0 Å². The summed E-state index contributed by atoms with van der Waals surface area (Å²) < 4.78 is 5.27.